The minimum absolute atomic E-state index is 0.0833. The van der Waals surface area contributed by atoms with Crippen LogP contribution < -0.4 is 5.73 Å². The Balaban J connectivity index is 0. The van der Waals surface area contributed by atoms with Gasteiger partial charge in [0.15, 0.2) is 0 Å². The summed E-state index contributed by atoms with van der Waals surface area (Å²) >= 11 is 0. The number of benzene rings is 1. The molecule has 0 fully saturated rings. The zero-order valence-electron chi connectivity index (χ0n) is 11.2. The molecule has 0 unspecified atom stereocenters. The molecule has 0 heterocycles. The van der Waals surface area contributed by atoms with Crippen LogP contribution in [0.2, 0.25) is 0 Å². The predicted molar refractivity (Wildman–Crippen MR) is 72.5 cm³/mol. The lowest BCUT2D eigenvalue weighted by Gasteiger charge is -2.07. The standard InChI is InChI=1S/C9H12N2O.2C2H6/c1-5-3-7(11)9(6(2)10)8(12)4-5;2*1-2/h3-4,10,12H,11H2,1-2H3;2*1-2H3. The largest absolute Gasteiger partial charge is 0.507 e. The van der Waals surface area contributed by atoms with Crippen LogP contribution in [0.5, 0.6) is 5.75 Å². The van der Waals surface area contributed by atoms with Crippen LogP contribution in [0, 0.1) is 12.3 Å². The molecule has 0 aromatic heterocycles. The van der Waals surface area contributed by atoms with Gasteiger partial charge in [-0.3, -0.25) is 0 Å². The van der Waals surface area contributed by atoms with Crippen molar-refractivity contribution in [1.29, 1.82) is 5.41 Å². The van der Waals surface area contributed by atoms with E-state index in [0.29, 0.717) is 11.3 Å². The fourth-order valence-electron chi connectivity index (χ4n) is 1.20. The molecule has 92 valence electrons. The van der Waals surface area contributed by atoms with E-state index < -0.39 is 0 Å². The van der Waals surface area contributed by atoms with Gasteiger partial charge in [-0.15, -0.1) is 0 Å². The molecule has 3 heteroatoms. The molecule has 0 bridgehead atoms. The summed E-state index contributed by atoms with van der Waals surface area (Å²) in [6, 6.07) is 3.34. The number of rotatable bonds is 1. The molecule has 0 spiro atoms. The van der Waals surface area contributed by atoms with Crippen molar-refractivity contribution < 1.29 is 5.11 Å². The highest BCUT2D eigenvalue weighted by molar-refractivity contribution is 6.03. The summed E-state index contributed by atoms with van der Waals surface area (Å²) in [7, 11) is 0. The van der Waals surface area contributed by atoms with Crippen LogP contribution in [0.3, 0.4) is 0 Å². The highest BCUT2D eigenvalue weighted by atomic mass is 16.3. The smallest absolute Gasteiger partial charge is 0.126 e. The Hall–Kier alpha value is -1.51. The Bertz CT molecular complexity index is 310. The van der Waals surface area contributed by atoms with Crippen molar-refractivity contribution in [2.45, 2.75) is 41.5 Å². The molecule has 0 atom stereocenters. The third-order valence-corrected chi connectivity index (χ3v) is 1.67. The first-order valence-electron chi connectivity index (χ1n) is 5.67. The lowest BCUT2D eigenvalue weighted by Crippen LogP contribution is -2.00. The molecule has 1 rings (SSSR count). The van der Waals surface area contributed by atoms with Gasteiger partial charge in [-0.05, 0) is 31.5 Å². The van der Waals surface area contributed by atoms with Crippen LogP contribution >= 0.6 is 0 Å². The molecule has 3 nitrogen and oxygen atoms in total. The zero-order chi connectivity index (χ0) is 13.3. The molecule has 0 aliphatic rings. The Morgan fingerprint density at radius 1 is 1.19 bits per heavy atom. The molecule has 4 N–H and O–H groups in total. The zero-order valence-corrected chi connectivity index (χ0v) is 11.2. The van der Waals surface area contributed by atoms with Crippen molar-refractivity contribution in [2.75, 3.05) is 5.73 Å². The number of nitrogen functional groups attached to an aromatic ring is 1. The first kappa shape index (κ1) is 16.9. The van der Waals surface area contributed by atoms with Gasteiger partial charge in [0.25, 0.3) is 0 Å². The Morgan fingerprint density at radius 2 is 1.62 bits per heavy atom. The van der Waals surface area contributed by atoms with E-state index >= 15 is 0 Å². The minimum atomic E-state index is 0.0833. The fraction of sp³-hybridized carbons (Fsp3) is 0.462. The van der Waals surface area contributed by atoms with E-state index in [1.54, 1.807) is 19.1 Å². The second-order valence-corrected chi connectivity index (χ2v) is 2.87. The first-order chi connectivity index (χ1) is 7.52. The SMILES string of the molecule is CC.CC.CC(=N)c1c(N)cc(C)cc1O. The van der Waals surface area contributed by atoms with Gasteiger partial charge in [-0.25, -0.2) is 0 Å². The second kappa shape index (κ2) is 8.77. The van der Waals surface area contributed by atoms with Crippen molar-refractivity contribution in [3.63, 3.8) is 0 Å². The maximum Gasteiger partial charge on any atom is 0.126 e. The molecule has 1 aromatic carbocycles. The normalized spacial score (nSPS) is 8.12. The number of hydrogen-bond acceptors (Lipinski definition) is 3. The lowest BCUT2D eigenvalue weighted by atomic mass is 10.1. The topological polar surface area (TPSA) is 70.1 Å². The van der Waals surface area contributed by atoms with Crippen molar-refractivity contribution in [2.24, 2.45) is 0 Å². The van der Waals surface area contributed by atoms with E-state index in [4.69, 9.17) is 11.1 Å². The van der Waals surface area contributed by atoms with Crippen molar-refractivity contribution in [1.82, 2.24) is 0 Å². The highest BCUT2D eigenvalue weighted by Gasteiger charge is 2.07. The summed E-state index contributed by atoms with van der Waals surface area (Å²) in [6.45, 7) is 11.4. The average molecular weight is 224 g/mol. The maximum absolute atomic E-state index is 9.42. The van der Waals surface area contributed by atoms with E-state index in [1.165, 1.54) is 0 Å². The van der Waals surface area contributed by atoms with Gasteiger partial charge in [0.2, 0.25) is 0 Å². The third-order valence-electron chi connectivity index (χ3n) is 1.67. The summed E-state index contributed by atoms with van der Waals surface area (Å²) in [5.74, 6) is 0.0833. The van der Waals surface area contributed by atoms with Crippen molar-refractivity contribution in [3.05, 3.63) is 23.3 Å². The quantitative estimate of drug-likeness (QED) is 0.502. The van der Waals surface area contributed by atoms with Crippen LogP contribution in [0.25, 0.3) is 0 Å². The monoisotopic (exact) mass is 224 g/mol. The van der Waals surface area contributed by atoms with E-state index in [1.807, 2.05) is 34.6 Å². The Kier molecular flexibility index (Phi) is 9.27. The van der Waals surface area contributed by atoms with Gasteiger partial charge in [-0.1, -0.05) is 27.7 Å². The molecule has 0 radical (unpaired) electrons. The molecule has 0 saturated carbocycles. The van der Waals surface area contributed by atoms with E-state index in [-0.39, 0.29) is 11.5 Å². The fourth-order valence-corrected chi connectivity index (χ4v) is 1.20. The second-order valence-electron chi connectivity index (χ2n) is 2.87. The average Bonchev–Trinajstić information content (AvgIpc) is 2.21. The van der Waals surface area contributed by atoms with Crippen molar-refractivity contribution in [3.8, 4) is 5.75 Å². The van der Waals surface area contributed by atoms with E-state index in [9.17, 15) is 5.11 Å². The van der Waals surface area contributed by atoms with Crippen LogP contribution in [0.1, 0.15) is 45.7 Å². The predicted octanol–water partition coefficient (Wildman–Crippen LogP) is 3.72. The molecular formula is C13H24N2O. The molecule has 0 amide bonds. The van der Waals surface area contributed by atoms with Gasteiger partial charge in [0.1, 0.15) is 5.75 Å². The summed E-state index contributed by atoms with van der Waals surface area (Å²) in [5, 5.41) is 16.8. The summed E-state index contributed by atoms with van der Waals surface area (Å²) in [6.07, 6.45) is 0. The van der Waals surface area contributed by atoms with Crippen LogP contribution in [0.4, 0.5) is 5.69 Å². The molecule has 16 heavy (non-hydrogen) atoms. The van der Waals surface area contributed by atoms with Crippen molar-refractivity contribution >= 4 is 11.4 Å². The van der Waals surface area contributed by atoms with Gasteiger partial charge in [0.05, 0.1) is 5.56 Å². The lowest BCUT2D eigenvalue weighted by molar-refractivity contribution is 0.474. The molecule has 0 saturated heterocycles. The van der Waals surface area contributed by atoms with Gasteiger partial charge in [0, 0.05) is 11.4 Å². The number of phenolic OH excluding ortho intramolecular Hbond substituents is 1. The highest BCUT2D eigenvalue weighted by Crippen LogP contribution is 2.25. The summed E-state index contributed by atoms with van der Waals surface area (Å²) < 4.78 is 0. The number of aromatic hydroxyl groups is 1. The number of nitrogens with one attached hydrogen (secondary N) is 1. The minimum Gasteiger partial charge on any atom is -0.507 e. The molecule has 0 aliphatic heterocycles. The Morgan fingerprint density at radius 3 is 1.94 bits per heavy atom. The van der Waals surface area contributed by atoms with Gasteiger partial charge < -0.3 is 16.2 Å². The number of aryl methyl sites for hydroxylation is 1. The number of nitrogens with two attached hydrogens (primary N) is 1. The third kappa shape index (κ3) is 4.82. The molecular weight excluding hydrogens is 200 g/mol. The van der Waals surface area contributed by atoms with Gasteiger partial charge in [-0.2, -0.15) is 0 Å². The Labute approximate surface area is 98.8 Å². The van der Waals surface area contributed by atoms with Gasteiger partial charge >= 0.3 is 0 Å². The van der Waals surface area contributed by atoms with E-state index in [0.717, 1.165) is 5.56 Å². The summed E-state index contributed by atoms with van der Waals surface area (Å²) in [4.78, 5) is 0. The molecule has 1 aromatic rings. The number of hydrogen-bond donors (Lipinski definition) is 3. The summed E-state index contributed by atoms with van der Waals surface area (Å²) in [5.41, 5.74) is 7.69. The van der Waals surface area contributed by atoms with E-state index in [2.05, 4.69) is 0 Å². The van der Waals surface area contributed by atoms with Crippen LogP contribution in [-0.4, -0.2) is 10.8 Å². The van der Waals surface area contributed by atoms with Crippen LogP contribution in [-0.2, 0) is 0 Å². The molecule has 0 aliphatic carbocycles. The maximum atomic E-state index is 9.42. The number of anilines is 1. The number of phenols is 1. The first-order valence-corrected chi connectivity index (χ1v) is 5.67. The van der Waals surface area contributed by atoms with Crippen LogP contribution in [0.15, 0.2) is 12.1 Å².